The molecule has 0 aliphatic carbocycles. The first-order valence-corrected chi connectivity index (χ1v) is 6.88. The minimum atomic E-state index is -0.108. The summed E-state index contributed by atoms with van der Waals surface area (Å²) in [5, 5.41) is 6.88. The van der Waals surface area contributed by atoms with E-state index in [-0.39, 0.29) is 5.91 Å². The molecule has 0 aliphatic heterocycles. The van der Waals surface area contributed by atoms with Crippen molar-refractivity contribution in [3.63, 3.8) is 0 Å². The summed E-state index contributed by atoms with van der Waals surface area (Å²) in [6.45, 7) is 0.539. The van der Waals surface area contributed by atoms with Gasteiger partial charge in [0.25, 0.3) is 5.91 Å². The van der Waals surface area contributed by atoms with Gasteiger partial charge in [-0.25, -0.2) is 0 Å². The molecule has 0 saturated heterocycles. The lowest BCUT2D eigenvalue weighted by atomic mass is 10.1. The van der Waals surface area contributed by atoms with Gasteiger partial charge < -0.3 is 16.0 Å². The molecule has 0 unspecified atom stereocenters. The summed E-state index contributed by atoms with van der Waals surface area (Å²) < 4.78 is 0. The quantitative estimate of drug-likeness (QED) is 0.842. The third-order valence-corrected chi connectivity index (χ3v) is 3.54. The highest BCUT2D eigenvalue weighted by Gasteiger charge is 2.09. The third-order valence-electron chi connectivity index (χ3n) is 2.80. The Morgan fingerprint density at radius 3 is 2.74 bits per heavy atom. The summed E-state index contributed by atoms with van der Waals surface area (Å²) in [5.41, 5.74) is 9.14. The molecule has 1 heterocycles. The van der Waals surface area contributed by atoms with E-state index in [1.165, 1.54) is 0 Å². The first-order valence-electron chi connectivity index (χ1n) is 5.94. The van der Waals surface area contributed by atoms with Crippen LogP contribution in [0.5, 0.6) is 0 Å². The van der Waals surface area contributed by atoms with Crippen LogP contribution in [0, 0.1) is 0 Å². The van der Waals surface area contributed by atoms with E-state index in [2.05, 4.69) is 5.32 Å². The highest BCUT2D eigenvalue weighted by molar-refractivity contribution is 7.07. The van der Waals surface area contributed by atoms with Crippen LogP contribution in [0.3, 0.4) is 0 Å². The van der Waals surface area contributed by atoms with E-state index in [9.17, 15) is 4.79 Å². The molecule has 0 aliphatic rings. The Morgan fingerprint density at radius 1 is 1.37 bits per heavy atom. The Kier molecular flexibility index (Phi) is 4.06. The smallest absolute Gasteiger partial charge is 0.251 e. The normalized spacial score (nSPS) is 10.2. The molecule has 0 saturated carbocycles. The Labute approximate surface area is 116 Å². The number of anilines is 2. The molecule has 5 heteroatoms. The average Bonchev–Trinajstić information content (AvgIpc) is 2.88. The van der Waals surface area contributed by atoms with Gasteiger partial charge in [-0.15, -0.1) is 0 Å². The number of nitrogens with zero attached hydrogens (tertiary/aromatic N) is 1. The third kappa shape index (κ3) is 3.26. The van der Waals surface area contributed by atoms with Crippen LogP contribution in [0.4, 0.5) is 11.4 Å². The molecule has 2 rings (SSSR count). The fourth-order valence-electron chi connectivity index (χ4n) is 1.78. The number of thiophene rings is 1. The predicted octanol–water partition coefficient (Wildman–Crippen LogP) is 2.33. The maximum atomic E-state index is 12.0. The SMILES string of the molecule is CN(C)c1ccc(C(=O)NCc2ccsc2)cc1N. The van der Waals surface area contributed by atoms with Gasteiger partial charge >= 0.3 is 0 Å². The molecule has 0 bridgehead atoms. The van der Waals surface area contributed by atoms with Crippen LogP contribution >= 0.6 is 11.3 Å². The highest BCUT2D eigenvalue weighted by Crippen LogP contribution is 2.22. The second-order valence-electron chi connectivity index (χ2n) is 4.48. The van der Waals surface area contributed by atoms with Gasteiger partial charge in [0.15, 0.2) is 0 Å². The Balaban J connectivity index is 2.05. The predicted molar refractivity (Wildman–Crippen MR) is 80.7 cm³/mol. The fraction of sp³-hybridized carbons (Fsp3) is 0.214. The zero-order chi connectivity index (χ0) is 13.8. The molecule has 2 aromatic rings. The van der Waals surface area contributed by atoms with Gasteiger partial charge in [-0.3, -0.25) is 4.79 Å². The first kappa shape index (κ1) is 13.4. The number of hydrogen-bond acceptors (Lipinski definition) is 4. The number of benzene rings is 1. The van der Waals surface area contributed by atoms with E-state index < -0.39 is 0 Å². The molecule has 3 N–H and O–H groups in total. The van der Waals surface area contributed by atoms with Crippen LogP contribution in [0.15, 0.2) is 35.0 Å². The minimum Gasteiger partial charge on any atom is -0.397 e. The van der Waals surface area contributed by atoms with E-state index in [1.54, 1.807) is 23.5 Å². The number of rotatable bonds is 4. The Bertz CT molecular complexity index is 564. The monoisotopic (exact) mass is 275 g/mol. The van der Waals surface area contributed by atoms with Gasteiger partial charge in [0.05, 0.1) is 11.4 Å². The molecule has 0 atom stereocenters. The molecule has 1 aromatic heterocycles. The summed E-state index contributed by atoms with van der Waals surface area (Å²) in [7, 11) is 3.84. The number of nitrogens with one attached hydrogen (secondary N) is 1. The van der Waals surface area contributed by atoms with Crippen molar-refractivity contribution in [2.75, 3.05) is 24.7 Å². The molecular formula is C14H17N3OS. The average molecular weight is 275 g/mol. The van der Waals surface area contributed by atoms with E-state index in [0.717, 1.165) is 11.3 Å². The molecule has 0 radical (unpaired) electrons. The first-order chi connectivity index (χ1) is 9.08. The maximum absolute atomic E-state index is 12.0. The largest absolute Gasteiger partial charge is 0.397 e. The van der Waals surface area contributed by atoms with E-state index in [0.29, 0.717) is 17.8 Å². The highest BCUT2D eigenvalue weighted by atomic mass is 32.1. The molecule has 4 nitrogen and oxygen atoms in total. The van der Waals surface area contributed by atoms with Gasteiger partial charge in [0.1, 0.15) is 0 Å². The molecule has 0 spiro atoms. The molecule has 1 amide bonds. The number of amides is 1. The van der Waals surface area contributed by atoms with Crippen molar-refractivity contribution in [1.29, 1.82) is 0 Å². The fourth-order valence-corrected chi connectivity index (χ4v) is 2.45. The van der Waals surface area contributed by atoms with Crippen LogP contribution in [-0.4, -0.2) is 20.0 Å². The topological polar surface area (TPSA) is 58.4 Å². The van der Waals surface area contributed by atoms with Crippen LogP contribution in [0.25, 0.3) is 0 Å². The van der Waals surface area contributed by atoms with Crippen LogP contribution < -0.4 is 16.0 Å². The Morgan fingerprint density at radius 2 is 2.16 bits per heavy atom. The summed E-state index contributed by atoms with van der Waals surface area (Å²) in [4.78, 5) is 13.9. The number of carbonyl (C=O) groups excluding carboxylic acids is 1. The Hall–Kier alpha value is -2.01. The molecule has 1 aromatic carbocycles. The number of nitrogen functional groups attached to an aromatic ring is 1. The standard InChI is InChI=1S/C14H17N3OS/c1-17(2)13-4-3-11(7-12(13)15)14(18)16-8-10-5-6-19-9-10/h3-7,9H,8,15H2,1-2H3,(H,16,18). The van der Waals surface area contributed by atoms with Gasteiger partial charge in [-0.1, -0.05) is 0 Å². The van der Waals surface area contributed by atoms with Gasteiger partial charge in [0.2, 0.25) is 0 Å². The van der Waals surface area contributed by atoms with Crippen molar-refractivity contribution in [2.45, 2.75) is 6.54 Å². The van der Waals surface area contributed by atoms with Crippen LogP contribution in [-0.2, 0) is 6.54 Å². The zero-order valence-corrected chi connectivity index (χ0v) is 11.8. The number of hydrogen-bond donors (Lipinski definition) is 2. The van der Waals surface area contributed by atoms with E-state index in [4.69, 9.17) is 5.73 Å². The maximum Gasteiger partial charge on any atom is 0.251 e. The summed E-state index contributed by atoms with van der Waals surface area (Å²) in [6.07, 6.45) is 0. The van der Waals surface area contributed by atoms with Gasteiger partial charge in [-0.2, -0.15) is 11.3 Å². The van der Waals surface area contributed by atoms with Crippen molar-refractivity contribution in [3.05, 3.63) is 46.2 Å². The van der Waals surface area contributed by atoms with Crippen molar-refractivity contribution >= 4 is 28.6 Å². The molecule has 19 heavy (non-hydrogen) atoms. The minimum absolute atomic E-state index is 0.108. The zero-order valence-electron chi connectivity index (χ0n) is 11.0. The van der Waals surface area contributed by atoms with E-state index in [1.807, 2.05) is 41.9 Å². The van der Waals surface area contributed by atoms with Crippen molar-refractivity contribution in [2.24, 2.45) is 0 Å². The molecular weight excluding hydrogens is 258 g/mol. The van der Waals surface area contributed by atoms with E-state index >= 15 is 0 Å². The second-order valence-corrected chi connectivity index (χ2v) is 5.26. The van der Waals surface area contributed by atoms with Crippen molar-refractivity contribution in [3.8, 4) is 0 Å². The lowest BCUT2D eigenvalue weighted by Crippen LogP contribution is -2.23. The second kappa shape index (κ2) is 5.75. The number of carbonyl (C=O) groups is 1. The van der Waals surface area contributed by atoms with Gasteiger partial charge in [-0.05, 0) is 40.6 Å². The lowest BCUT2D eigenvalue weighted by molar-refractivity contribution is 0.0951. The summed E-state index contributed by atoms with van der Waals surface area (Å²) >= 11 is 1.62. The van der Waals surface area contributed by atoms with Crippen LogP contribution in [0.2, 0.25) is 0 Å². The van der Waals surface area contributed by atoms with Gasteiger partial charge in [0, 0.05) is 26.2 Å². The summed E-state index contributed by atoms with van der Waals surface area (Å²) in [5.74, 6) is -0.108. The van der Waals surface area contributed by atoms with Crippen molar-refractivity contribution < 1.29 is 4.79 Å². The number of nitrogens with two attached hydrogens (primary N) is 1. The molecule has 0 fully saturated rings. The molecule has 100 valence electrons. The lowest BCUT2D eigenvalue weighted by Gasteiger charge is -2.15. The van der Waals surface area contributed by atoms with Crippen molar-refractivity contribution in [1.82, 2.24) is 5.32 Å². The summed E-state index contributed by atoms with van der Waals surface area (Å²) in [6, 6.07) is 7.34. The van der Waals surface area contributed by atoms with Crippen LogP contribution in [0.1, 0.15) is 15.9 Å².